The van der Waals surface area contributed by atoms with Crippen molar-refractivity contribution >= 4 is 65.1 Å². The summed E-state index contributed by atoms with van der Waals surface area (Å²) in [5.41, 5.74) is 9.74. The second kappa shape index (κ2) is 10.9. The Labute approximate surface area is 197 Å². The van der Waals surface area contributed by atoms with Crippen molar-refractivity contribution in [3.63, 3.8) is 0 Å². The molecule has 7 N–H and O–H groups in total. The van der Waals surface area contributed by atoms with Crippen LogP contribution in [0.5, 0.6) is 0 Å². The van der Waals surface area contributed by atoms with Gasteiger partial charge in [0.2, 0.25) is 0 Å². The van der Waals surface area contributed by atoms with Crippen LogP contribution in [0.4, 0.5) is 22.7 Å². The molecule has 0 saturated carbocycles. The predicted molar refractivity (Wildman–Crippen MR) is 116 cm³/mol. The Kier molecular flexibility index (Phi) is 8.92. The topological polar surface area (TPSA) is 268 Å². The van der Waals surface area contributed by atoms with Crippen LogP contribution in [0.3, 0.4) is 0 Å². The number of benzene rings is 2. The third-order valence-electron chi connectivity index (χ3n) is 3.81. The van der Waals surface area contributed by atoms with Crippen molar-refractivity contribution in [3.05, 3.63) is 30.3 Å². The van der Waals surface area contributed by atoms with Crippen LogP contribution in [0.1, 0.15) is 0 Å². The zero-order valence-electron chi connectivity index (χ0n) is 16.5. The van der Waals surface area contributed by atoms with Crippen LogP contribution < -0.4 is 11.5 Å². The smallest absolute Gasteiger partial charge is 0.296 e. The molecule has 2 rings (SSSR count). The van der Waals surface area contributed by atoms with Crippen LogP contribution in [0.25, 0.3) is 0 Å². The van der Waals surface area contributed by atoms with Gasteiger partial charge >= 0.3 is 0 Å². The third kappa shape index (κ3) is 7.30. The molecule has 0 radical (unpaired) electrons. The molecule has 0 bridgehead atoms. The monoisotopic (exact) mass is 560 g/mol. The maximum atomic E-state index is 12.4. The summed E-state index contributed by atoms with van der Waals surface area (Å²) < 4.78 is 98.4. The zero-order chi connectivity index (χ0) is 25.7. The number of hydrogen-bond acceptors (Lipinski definition) is 15. The lowest BCUT2D eigenvalue weighted by molar-refractivity contribution is -0.434. The second-order valence-corrected chi connectivity index (χ2v) is 11.5. The van der Waals surface area contributed by atoms with E-state index in [0.29, 0.717) is 6.07 Å². The minimum atomic E-state index is -5.01. The molecule has 0 aliphatic carbocycles. The molecule has 0 unspecified atom stereocenters. The van der Waals surface area contributed by atoms with E-state index in [1.54, 1.807) is 0 Å². The number of nitrogens with zero attached hydrogens (tertiary/aromatic N) is 2. The summed E-state index contributed by atoms with van der Waals surface area (Å²) in [6, 6.07) is 4.24. The van der Waals surface area contributed by atoms with Gasteiger partial charge in [0.25, 0.3) is 20.2 Å². The molecule has 0 saturated heterocycles. The van der Waals surface area contributed by atoms with E-state index in [2.05, 4.69) is 23.8 Å². The summed E-state index contributed by atoms with van der Waals surface area (Å²) in [6.45, 7) is -0.453. The van der Waals surface area contributed by atoms with E-state index >= 15 is 0 Å². The fourth-order valence-electron chi connectivity index (χ4n) is 2.33. The highest BCUT2D eigenvalue weighted by Crippen LogP contribution is 2.34. The summed E-state index contributed by atoms with van der Waals surface area (Å²) in [5.74, 6) is -0.652. The lowest BCUT2D eigenvalue weighted by Crippen LogP contribution is -2.12. The van der Waals surface area contributed by atoms with Gasteiger partial charge in [0.05, 0.1) is 28.6 Å². The summed E-state index contributed by atoms with van der Waals surface area (Å²) in [6.07, 6.45) is 0. The van der Waals surface area contributed by atoms with E-state index in [0.717, 1.165) is 24.3 Å². The van der Waals surface area contributed by atoms with Crippen molar-refractivity contribution in [2.45, 2.75) is 14.7 Å². The molecule has 34 heavy (non-hydrogen) atoms. The van der Waals surface area contributed by atoms with Gasteiger partial charge in [0.15, 0.2) is 22.2 Å². The first kappa shape index (κ1) is 27.8. The molecule has 0 spiro atoms. The predicted octanol–water partition coefficient (Wildman–Crippen LogP) is 1.53. The average Bonchev–Trinajstić information content (AvgIpc) is 2.71. The van der Waals surface area contributed by atoms with E-state index in [1.807, 2.05) is 0 Å². The van der Waals surface area contributed by atoms with Crippen molar-refractivity contribution in [2.75, 3.05) is 23.8 Å². The molecule has 0 aliphatic heterocycles. The number of sulfone groups is 1. The first-order chi connectivity index (χ1) is 15.7. The first-order valence-electron chi connectivity index (χ1n) is 8.35. The molecule has 20 heteroatoms. The number of azo groups is 1. The van der Waals surface area contributed by atoms with Gasteiger partial charge in [0, 0.05) is 0 Å². The van der Waals surface area contributed by atoms with E-state index in [4.69, 9.17) is 16.7 Å². The van der Waals surface area contributed by atoms with Gasteiger partial charge in [-0.15, -0.1) is 14.6 Å². The number of rotatable bonds is 11. The fourth-order valence-corrected chi connectivity index (χ4v) is 5.10. The quantitative estimate of drug-likeness (QED) is 0.0496. The Balaban J connectivity index is 2.44. The Morgan fingerprint density at radius 3 is 2.06 bits per heavy atom. The van der Waals surface area contributed by atoms with Crippen LogP contribution in [0.15, 0.2) is 55.2 Å². The van der Waals surface area contributed by atoms with Crippen molar-refractivity contribution < 1.29 is 53.2 Å². The van der Waals surface area contributed by atoms with Crippen LogP contribution in [0, 0.1) is 0 Å². The SMILES string of the molecule is Nc1cc(N)c(S(=O)(=O)O)cc1N=Nc1ccc(S(=O)(=O)CCOSOOO)cc1S(=O)(=O)O. The molecule has 188 valence electrons. The molecule has 16 nitrogen and oxygen atoms in total. The normalized spacial score (nSPS) is 12.9. The van der Waals surface area contributed by atoms with Crippen LogP contribution in [0.2, 0.25) is 0 Å². The van der Waals surface area contributed by atoms with Crippen molar-refractivity contribution in [3.8, 4) is 0 Å². The minimum absolute atomic E-state index is 0.137. The summed E-state index contributed by atoms with van der Waals surface area (Å²) in [5, 5.41) is 18.4. The highest BCUT2D eigenvalue weighted by Gasteiger charge is 2.23. The number of nitrogens with two attached hydrogens (primary N) is 2. The van der Waals surface area contributed by atoms with Crippen LogP contribution in [-0.2, 0) is 43.6 Å². The molecule has 0 fully saturated rings. The maximum Gasteiger partial charge on any atom is 0.296 e. The van der Waals surface area contributed by atoms with Crippen molar-refractivity contribution in [2.24, 2.45) is 10.2 Å². The second-order valence-electron chi connectivity index (χ2n) is 6.08. The number of hydrogen-bond donors (Lipinski definition) is 5. The Hall–Kier alpha value is -2.40. The van der Waals surface area contributed by atoms with Gasteiger partial charge in [0.1, 0.15) is 21.2 Å². The summed E-state index contributed by atoms with van der Waals surface area (Å²) in [4.78, 5) is -2.19. The van der Waals surface area contributed by atoms with Gasteiger partial charge in [-0.25, -0.2) is 13.7 Å². The van der Waals surface area contributed by atoms with Gasteiger partial charge in [-0.05, 0) is 30.3 Å². The average molecular weight is 561 g/mol. The lowest BCUT2D eigenvalue weighted by Gasteiger charge is -2.08. The minimum Gasteiger partial charge on any atom is -0.398 e. The molecule has 0 aliphatic rings. The van der Waals surface area contributed by atoms with E-state index in [9.17, 15) is 34.4 Å². The van der Waals surface area contributed by atoms with E-state index in [-0.39, 0.29) is 29.4 Å². The molecule has 2 aromatic carbocycles. The van der Waals surface area contributed by atoms with E-state index in [1.165, 1.54) is 0 Å². The summed E-state index contributed by atoms with van der Waals surface area (Å²) in [7, 11) is -13.9. The van der Waals surface area contributed by atoms with Gasteiger partial charge < -0.3 is 11.5 Å². The molecule has 0 amide bonds. The number of anilines is 2. The molecular formula is C14H16N4O12S4. The Morgan fingerprint density at radius 1 is 0.853 bits per heavy atom. The van der Waals surface area contributed by atoms with Gasteiger partial charge in [-0.1, -0.05) is 5.04 Å². The Morgan fingerprint density at radius 2 is 1.47 bits per heavy atom. The third-order valence-corrected chi connectivity index (χ3v) is 7.66. The largest absolute Gasteiger partial charge is 0.398 e. The van der Waals surface area contributed by atoms with Crippen LogP contribution >= 0.6 is 12.3 Å². The highest BCUT2D eigenvalue weighted by molar-refractivity contribution is 7.91. The maximum absolute atomic E-state index is 12.4. The van der Waals surface area contributed by atoms with Gasteiger partial charge in [-0.3, -0.25) is 13.3 Å². The van der Waals surface area contributed by atoms with Crippen molar-refractivity contribution in [1.29, 1.82) is 0 Å². The highest BCUT2D eigenvalue weighted by atomic mass is 32.2. The van der Waals surface area contributed by atoms with Gasteiger partial charge in [-0.2, -0.15) is 16.8 Å². The van der Waals surface area contributed by atoms with E-state index < -0.39 is 62.8 Å². The molecule has 0 aromatic heterocycles. The van der Waals surface area contributed by atoms with Crippen molar-refractivity contribution in [1.82, 2.24) is 0 Å². The molecule has 2 aromatic rings. The Bertz CT molecular complexity index is 1410. The standard InChI is InChI=1S/C14H16N4O12S4/c15-9-6-10(16)13(33(22,23)24)7-12(9)18-17-11-2-1-8(5-14(11)34(25,26)27)32(20,21)4-3-28-31-30-29-19/h1-2,5-7,19H,3-4,15-16H2,(H,22,23,24)(H,25,26,27). The lowest BCUT2D eigenvalue weighted by atomic mass is 10.2. The first-order valence-corrected chi connectivity index (χ1v) is 13.6. The summed E-state index contributed by atoms with van der Waals surface area (Å²) >= 11 is 0.137. The fraction of sp³-hybridized carbons (Fsp3) is 0.143. The molecule has 0 atom stereocenters. The number of nitrogen functional groups attached to an aromatic ring is 2. The van der Waals surface area contributed by atoms with Crippen LogP contribution in [-0.4, -0.2) is 52.0 Å². The zero-order valence-corrected chi connectivity index (χ0v) is 19.8. The molecule has 0 heterocycles. The molecular weight excluding hydrogens is 544 g/mol.